The van der Waals surface area contributed by atoms with Gasteiger partial charge in [-0.2, -0.15) is 0 Å². The van der Waals surface area contributed by atoms with E-state index in [9.17, 15) is 4.79 Å². The minimum atomic E-state index is -0.464. The number of hydrogen-bond donors (Lipinski definition) is 2. The van der Waals surface area contributed by atoms with Gasteiger partial charge in [0.1, 0.15) is 18.0 Å². The number of hydrogen-bond acceptors (Lipinski definition) is 5. The van der Waals surface area contributed by atoms with Crippen LogP contribution < -0.4 is 10.6 Å². The van der Waals surface area contributed by atoms with Crippen molar-refractivity contribution in [2.24, 2.45) is 12.0 Å². The number of ether oxygens (including phenoxy) is 1. The van der Waals surface area contributed by atoms with Crippen molar-refractivity contribution in [2.45, 2.75) is 90.6 Å². The van der Waals surface area contributed by atoms with Crippen LogP contribution in [0.4, 0.5) is 4.79 Å². The van der Waals surface area contributed by atoms with E-state index in [1.807, 2.05) is 44.2 Å². The molecule has 9 heteroatoms. The van der Waals surface area contributed by atoms with Crippen LogP contribution in [0.2, 0.25) is 0 Å². The molecule has 2 saturated heterocycles. The molecule has 0 aliphatic carbocycles. The molecular weight excluding hydrogens is 370 g/mol. The lowest BCUT2D eigenvalue weighted by Gasteiger charge is -2.40. The van der Waals surface area contributed by atoms with Gasteiger partial charge in [-0.25, -0.2) is 9.79 Å². The van der Waals surface area contributed by atoms with E-state index in [1.165, 1.54) is 0 Å². The number of aliphatic imine (C=N–C) groups is 1. The maximum Gasteiger partial charge on any atom is 0.410 e. The van der Waals surface area contributed by atoms with Gasteiger partial charge in [0.2, 0.25) is 0 Å². The van der Waals surface area contributed by atoms with Gasteiger partial charge >= 0.3 is 6.09 Å². The molecule has 9 nitrogen and oxygen atoms in total. The Bertz CT molecular complexity index is 739. The summed E-state index contributed by atoms with van der Waals surface area (Å²) in [5.41, 5.74) is -0.464. The van der Waals surface area contributed by atoms with Crippen molar-refractivity contribution in [3.8, 4) is 0 Å². The number of guanidine groups is 1. The van der Waals surface area contributed by atoms with Crippen molar-refractivity contribution in [3.63, 3.8) is 0 Å². The molecule has 0 aromatic carbocycles. The molecule has 2 bridgehead atoms. The molecule has 2 aliphatic heterocycles. The van der Waals surface area contributed by atoms with E-state index < -0.39 is 5.60 Å². The number of carbonyl (C=O) groups is 1. The first-order chi connectivity index (χ1) is 13.7. The quantitative estimate of drug-likeness (QED) is 0.588. The second-order valence-electron chi connectivity index (χ2n) is 9.00. The summed E-state index contributed by atoms with van der Waals surface area (Å²) in [5, 5.41) is 15.1. The molecular formula is C20H35N7O2. The smallest absolute Gasteiger partial charge is 0.410 e. The molecule has 29 heavy (non-hydrogen) atoms. The third-order valence-electron chi connectivity index (χ3n) is 5.58. The first-order valence-electron chi connectivity index (χ1n) is 10.6. The fourth-order valence-corrected chi connectivity index (χ4v) is 4.16. The van der Waals surface area contributed by atoms with Crippen LogP contribution in [0.25, 0.3) is 0 Å². The first kappa shape index (κ1) is 21.4. The number of carbonyl (C=O) groups excluding carboxylic acids is 1. The van der Waals surface area contributed by atoms with Gasteiger partial charge in [-0.15, -0.1) is 10.2 Å². The normalized spacial score (nSPS) is 24.6. The highest BCUT2D eigenvalue weighted by Crippen LogP contribution is 2.36. The summed E-state index contributed by atoms with van der Waals surface area (Å²) in [6.45, 7) is 11.0. The lowest BCUT2D eigenvalue weighted by molar-refractivity contribution is 0.00545. The summed E-state index contributed by atoms with van der Waals surface area (Å²) in [6.07, 6.45) is 3.70. The van der Waals surface area contributed by atoms with Crippen molar-refractivity contribution in [3.05, 3.63) is 11.6 Å². The molecule has 0 radical (unpaired) electrons. The molecule has 2 fully saturated rings. The Morgan fingerprint density at radius 1 is 1.24 bits per heavy atom. The monoisotopic (exact) mass is 405 g/mol. The average molecular weight is 406 g/mol. The second kappa shape index (κ2) is 8.59. The number of aryl methyl sites for hydroxylation is 1. The minimum absolute atomic E-state index is 0.179. The predicted molar refractivity (Wildman–Crippen MR) is 112 cm³/mol. The zero-order valence-electron chi connectivity index (χ0n) is 18.5. The minimum Gasteiger partial charge on any atom is -0.444 e. The second-order valence-corrected chi connectivity index (χ2v) is 9.00. The van der Waals surface area contributed by atoms with Crippen LogP contribution in [0, 0.1) is 6.92 Å². The van der Waals surface area contributed by atoms with Gasteiger partial charge < -0.3 is 24.8 Å². The number of nitrogens with one attached hydrogen (secondary N) is 2. The fraction of sp³-hybridized carbons (Fsp3) is 0.800. The Labute approximate surface area is 173 Å². The summed E-state index contributed by atoms with van der Waals surface area (Å²) < 4.78 is 7.58. The van der Waals surface area contributed by atoms with Gasteiger partial charge in [-0.3, -0.25) is 0 Å². The van der Waals surface area contributed by atoms with Crippen LogP contribution >= 0.6 is 0 Å². The van der Waals surface area contributed by atoms with E-state index in [0.29, 0.717) is 6.54 Å². The maximum atomic E-state index is 12.6. The van der Waals surface area contributed by atoms with E-state index in [-0.39, 0.29) is 24.2 Å². The molecule has 3 rings (SSSR count). The van der Waals surface area contributed by atoms with Crippen LogP contribution in [0.3, 0.4) is 0 Å². The highest BCUT2D eigenvalue weighted by atomic mass is 16.6. The van der Waals surface area contributed by atoms with Crippen LogP contribution in [-0.4, -0.2) is 62.0 Å². The Kier molecular flexibility index (Phi) is 6.33. The van der Waals surface area contributed by atoms with Crippen molar-refractivity contribution < 1.29 is 9.53 Å². The molecule has 2 atom stereocenters. The number of aromatic nitrogens is 3. The Morgan fingerprint density at radius 2 is 1.90 bits per heavy atom. The van der Waals surface area contributed by atoms with Crippen LogP contribution in [-0.2, 0) is 18.3 Å². The fourth-order valence-electron chi connectivity index (χ4n) is 4.16. The van der Waals surface area contributed by atoms with Crippen molar-refractivity contribution >= 4 is 12.1 Å². The van der Waals surface area contributed by atoms with Crippen LogP contribution in [0.1, 0.15) is 65.0 Å². The SMILES string of the molecule is CCNC(=NCc1nnc(C)n1C)NC1CC2CCC(C1)N2C(=O)OC(C)(C)C. The molecule has 1 aromatic heterocycles. The zero-order chi connectivity index (χ0) is 21.2. The van der Waals surface area contributed by atoms with E-state index in [4.69, 9.17) is 9.73 Å². The number of piperidine rings is 1. The van der Waals surface area contributed by atoms with E-state index in [2.05, 4.69) is 27.8 Å². The summed E-state index contributed by atoms with van der Waals surface area (Å²) in [5.74, 6) is 2.49. The molecule has 3 heterocycles. The van der Waals surface area contributed by atoms with Crippen molar-refractivity contribution in [2.75, 3.05) is 6.54 Å². The summed E-state index contributed by atoms with van der Waals surface area (Å²) in [4.78, 5) is 19.3. The average Bonchev–Trinajstić information content (AvgIpc) is 3.08. The van der Waals surface area contributed by atoms with Crippen molar-refractivity contribution in [1.29, 1.82) is 0 Å². The Morgan fingerprint density at radius 3 is 2.41 bits per heavy atom. The van der Waals surface area contributed by atoms with E-state index in [0.717, 1.165) is 49.8 Å². The number of nitrogens with zero attached hydrogens (tertiary/aromatic N) is 5. The van der Waals surface area contributed by atoms with Gasteiger partial charge in [0, 0.05) is 31.7 Å². The standard InChI is InChI=1S/C20H35N7O2/c1-7-21-18(22-12-17-25-24-13(2)26(17)6)23-14-10-15-8-9-16(11-14)27(15)19(28)29-20(3,4)5/h14-16H,7-12H2,1-6H3,(H2,21,22,23). The lowest BCUT2D eigenvalue weighted by atomic mass is 9.98. The molecule has 2 N–H and O–H groups in total. The van der Waals surface area contributed by atoms with Gasteiger partial charge in [0.05, 0.1) is 0 Å². The molecule has 2 unspecified atom stereocenters. The maximum absolute atomic E-state index is 12.6. The van der Waals surface area contributed by atoms with Gasteiger partial charge in [0.15, 0.2) is 11.8 Å². The summed E-state index contributed by atoms with van der Waals surface area (Å²) in [7, 11) is 1.95. The lowest BCUT2D eigenvalue weighted by Crippen LogP contribution is -2.55. The largest absolute Gasteiger partial charge is 0.444 e. The third-order valence-corrected chi connectivity index (χ3v) is 5.58. The molecule has 1 amide bonds. The number of fused-ring (bicyclic) bond motifs is 2. The first-order valence-corrected chi connectivity index (χ1v) is 10.6. The van der Waals surface area contributed by atoms with E-state index in [1.54, 1.807) is 0 Å². The predicted octanol–water partition coefficient (Wildman–Crippen LogP) is 2.11. The Balaban J connectivity index is 1.62. The number of amides is 1. The Hall–Kier alpha value is -2.32. The molecule has 0 saturated carbocycles. The summed E-state index contributed by atoms with van der Waals surface area (Å²) in [6, 6.07) is 0.737. The zero-order valence-corrected chi connectivity index (χ0v) is 18.5. The van der Waals surface area contributed by atoms with Crippen molar-refractivity contribution in [1.82, 2.24) is 30.3 Å². The highest BCUT2D eigenvalue weighted by molar-refractivity contribution is 5.80. The molecule has 162 valence electrons. The number of rotatable bonds is 4. The van der Waals surface area contributed by atoms with Gasteiger partial charge in [-0.05, 0) is 60.3 Å². The molecule has 2 aliphatic rings. The topological polar surface area (TPSA) is 96.7 Å². The summed E-state index contributed by atoms with van der Waals surface area (Å²) >= 11 is 0. The van der Waals surface area contributed by atoms with Gasteiger partial charge in [0.25, 0.3) is 0 Å². The highest BCUT2D eigenvalue weighted by Gasteiger charge is 2.45. The molecule has 0 spiro atoms. The van der Waals surface area contributed by atoms with Crippen LogP contribution in [0.15, 0.2) is 4.99 Å². The van der Waals surface area contributed by atoms with Gasteiger partial charge in [-0.1, -0.05) is 0 Å². The molecule has 1 aromatic rings. The van der Waals surface area contributed by atoms with Crippen LogP contribution in [0.5, 0.6) is 0 Å². The van der Waals surface area contributed by atoms with E-state index >= 15 is 0 Å². The third kappa shape index (κ3) is 5.19.